The molecule has 0 spiro atoms. The molecule has 1 aliphatic heterocycles. The highest BCUT2D eigenvalue weighted by Crippen LogP contribution is 2.30. The van der Waals surface area contributed by atoms with E-state index in [0.717, 1.165) is 45.2 Å². The van der Waals surface area contributed by atoms with Crippen LogP contribution in [0.1, 0.15) is 32.1 Å². The molecule has 0 aromatic heterocycles. The molecule has 1 saturated carbocycles. The maximum atomic E-state index is 11.7. The van der Waals surface area contributed by atoms with E-state index in [1.54, 1.807) is 0 Å². The Morgan fingerprint density at radius 2 is 1.82 bits per heavy atom. The van der Waals surface area contributed by atoms with E-state index in [4.69, 9.17) is 4.74 Å². The van der Waals surface area contributed by atoms with Crippen LogP contribution in [0.5, 0.6) is 0 Å². The molecule has 1 saturated heterocycles. The molecule has 0 radical (unpaired) electrons. The molecule has 1 aliphatic carbocycles. The van der Waals surface area contributed by atoms with E-state index < -0.39 is 5.54 Å². The van der Waals surface area contributed by atoms with Gasteiger partial charge in [0.05, 0.1) is 0 Å². The zero-order valence-electron chi connectivity index (χ0n) is 10.0. The summed E-state index contributed by atoms with van der Waals surface area (Å²) < 4.78 is 7.36. The molecule has 6 heteroatoms. The van der Waals surface area contributed by atoms with Gasteiger partial charge < -0.3 is 15.2 Å². The van der Waals surface area contributed by atoms with Crippen molar-refractivity contribution in [2.24, 2.45) is 5.28 Å². The first-order valence-corrected chi connectivity index (χ1v) is 6.25. The number of morpholine rings is 1. The average Bonchev–Trinajstić information content (AvgIpc) is 2.40. The van der Waals surface area contributed by atoms with E-state index >= 15 is 0 Å². The fourth-order valence-corrected chi connectivity index (χ4v) is 2.66. The number of rotatable bonds is 2. The second-order valence-electron chi connectivity index (χ2n) is 4.80. The topological polar surface area (TPSA) is 73.7 Å². The number of hydroxylamine groups is 1. The summed E-state index contributed by atoms with van der Waals surface area (Å²) in [4.78, 5) is 0.363. The van der Waals surface area contributed by atoms with Gasteiger partial charge in [-0.3, -0.25) is 0 Å². The van der Waals surface area contributed by atoms with E-state index in [0.29, 0.717) is 18.1 Å². The first-order chi connectivity index (χ1) is 8.27. The van der Waals surface area contributed by atoms with Gasteiger partial charge in [-0.1, -0.05) is 11.3 Å². The van der Waals surface area contributed by atoms with E-state index in [1.165, 1.54) is 0 Å². The van der Waals surface area contributed by atoms with Crippen molar-refractivity contribution in [1.82, 2.24) is 0 Å². The van der Waals surface area contributed by atoms with E-state index in [1.807, 2.05) is 6.21 Å². The predicted molar refractivity (Wildman–Crippen MR) is 62.1 cm³/mol. The molecule has 2 fully saturated rings. The summed E-state index contributed by atoms with van der Waals surface area (Å²) >= 11 is 0. The number of hydrogen-bond donors (Lipinski definition) is 0. The van der Waals surface area contributed by atoms with Gasteiger partial charge in [-0.2, -0.15) is 0 Å². The highest BCUT2D eigenvalue weighted by Gasteiger charge is 2.44. The van der Waals surface area contributed by atoms with Crippen LogP contribution in [0.15, 0.2) is 5.28 Å². The smallest absolute Gasteiger partial charge is 0.273 e. The predicted octanol–water partition coefficient (Wildman–Crippen LogP) is 1.26. The molecule has 17 heavy (non-hydrogen) atoms. The Hall–Kier alpha value is -1.17. The molecule has 0 bridgehead atoms. The minimum atomic E-state index is -0.711. The van der Waals surface area contributed by atoms with E-state index in [2.05, 4.69) is 9.85 Å². The Labute approximate surface area is 101 Å². The Bertz CT molecular complexity index is 314. The maximum absolute atomic E-state index is 11.7. The van der Waals surface area contributed by atoms with Crippen LogP contribution in [0.4, 0.5) is 0 Å². The van der Waals surface area contributed by atoms with Crippen molar-refractivity contribution in [3.63, 3.8) is 0 Å². The number of nitrogens with zero attached hydrogens (tertiary/aromatic N) is 3. The summed E-state index contributed by atoms with van der Waals surface area (Å²) in [6, 6.07) is 0. The molecule has 0 N–H and O–H groups in total. The van der Waals surface area contributed by atoms with E-state index in [9.17, 15) is 10.4 Å². The summed E-state index contributed by atoms with van der Waals surface area (Å²) in [5.41, 5.74) is -0.711. The van der Waals surface area contributed by atoms with Crippen molar-refractivity contribution in [2.75, 3.05) is 26.3 Å². The van der Waals surface area contributed by atoms with Crippen molar-refractivity contribution < 1.29 is 14.2 Å². The molecular formula is C11H19N3O3. The minimum absolute atomic E-state index is 0.363. The fraction of sp³-hybridized carbons (Fsp3) is 0.909. The van der Waals surface area contributed by atoms with Crippen LogP contribution in [-0.4, -0.2) is 47.5 Å². The minimum Gasteiger partial charge on any atom is -0.739 e. The normalized spacial score (nSPS) is 25.6. The second-order valence-corrected chi connectivity index (χ2v) is 4.80. The molecule has 6 nitrogen and oxygen atoms in total. The lowest BCUT2D eigenvalue weighted by atomic mass is 9.83. The Morgan fingerprint density at radius 1 is 1.18 bits per heavy atom. The summed E-state index contributed by atoms with van der Waals surface area (Å²) in [5, 5.41) is 24.9. The molecule has 2 aliphatic rings. The van der Waals surface area contributed by atoms with Crippen LogP contribution in [0.3, 0.4) is 0 Å². The Balaban J connectivity index is 2.20. The quantitative estimate of drug-likeness (QED) is 0.415. The molecule has 2 rings (SSSR count). The van der Waals surface area contributed by atoms with Gasteiger partial charge in [0.25, 0.3) is 5.54 Å². The first kappa shape index (κ1) is 12.3. The Kier molecular flexibility index (Phi) is 3.93. The number of ether oxygens (including phenoxy) is 1. The summed E-state index contributed by atoms with van der Waals surface area (Å²) in [7, 11) is 0. The largest absolute Gasteiger partial charge is 0.739 e. The zero-order valence-corrected chi connectivity index (χ0v) is 10.0. The van der Waals surface area contributed by atoms with Gasteiger partial charge in [0.2, 0.25) is 6.21 Å². The third-order valence-electron chi connectivity index (χ3n) is 3.64. The zero-order chi connectivity index (χ0) is 12.1. The van der Waals surface area contributed by atoms with Gasteiger partial charge in [0, 0.05) is 12.8 Å². The lowest BCUT2D eigenvalue weighted by Crippen LogP contribution is -2.46. The van der Waals surface area contributed by atoms with Crippen LogP contribution in [0.25, 0.3) is 0 Å². The number of hydrogen-bond acceptors (Lipinski definition) is 4. The lowest BCUT2D eigenvalue weighted by molar-refractivity contribution is -0.611. The molecule has 0 unspecified atom stereocenters. The molecule has 0 atom stereocenters. The highest BCUT2D eigenvalue weighted by atomic mass is 16.6. The van der Waals surface area contributed by atoms with Crippen LogP contribution in [0, 0.1) is 10.4 Å². The maximum Gasteiger partial charge on any atom is 0.273 e. The molecular weight excluding hydrogens is 222 g/mol. The molecule has 96 valence electrons. The molecule has 0 aromatic carbocycles. The van der Waals surface area contributed by atoms with Gasteiger partial charge in [0.15, 0.2) is 13.1 Å². The van der Waals surface area contributed by atoms with Crippen molar-refractivity contribution in [3.8, 4) is 0 Å². The summed E-state index contributed by atoms with van der Waals surface area (Å²) in [6.07, 6.45) is 6.46. The monoisotopic (exact) mass is 241 g/mol. The average molecular weight is 241 g/mol. The summed E-state index contributed by atoms with van der Waals surface area (Å²) in [5.74, 6) is 0. The van der Waals surface area contributed by atoms with Gasteiger partial charge in [-0.05, 0) is 18.1 Å². The van der Waals surface area contributed by atoms with Crippen LogP contribution in [0.2, 0.25) is 0 Å². The van der Waals surface area contributed by atoms with E-state index in [-0.39, 0.29) is 0 Å². The lowest BCUT2D eigenvalue weighted by Gasteiger charge is -2.29. The first-order valence-electron chi connectivity index (χ1n) is 6.25. The van der Waals surface area contributed by atoms with Gasteiger partial charge in [-0.25, -0.2) is 4.58 Å². The van der Waals surface area contributed by atoms with Crippen LogP contribution < -0.4 is 0 Å². The van der Waals surface area contributed by atoms with Gasteiger partial charge >= 0.3 is 0 Å². The van der Waals surface area contributed by atoms with Gasteiger partial charge in [0.1, 0.15) is 13.2 Å². The van der Waals surface area contributed by atoms with Crippen molar-refractivity contribution in [1.29, 1.82) is 0 Å². The molecule has 0 aromatic rings. The summed E-state index contributed by atoms with van der Waals surface area (Å²) in [6.45, 7) is 2.93. The standard InChI is InChI=1S/C11H19N3O3/c15-12-14(16)11(4-2-1-3-5-11)10-13-6-8-17-9-7-13/h10H,1-9H2/b14-12-. The SMILES string of the molecule is [O-]/N=[N+](\[O-])C1(C=[N+]2CCOCC2)CCCCC1. The van der Waals surface area contributed by atoms with Crippen LogP contribution in [-0.2, 0) is 4.74 Å². The van der Waals surface area contributed by atoms with Crippen molar-refractivity contribution in [3.05, 3.63) is 10.4 Å². The van der Waals surface area contributed by atoms with Crippen molar-refractivity contribution >= 4 is 6.21 Å². The van der Waals surface area contributed by atoms with Crippen LogP contribution >= 0.6 is 0 Å². The third kappa shape index (κ3) is 2.74. The second kappa shape index (κ2) is 5.44. The Morgan fingerprint density at radius 3 is 2.41 bits per heavy atom. The fourth-order valence-electron chi connectivity index (χ4n) is 2.66. The van der Waals surface area contributed by atoms with Gasteiger partial charge in [-0.15, -0.1) is 0 Å². The third-order valence-corrected chi connectivity index (χ3v) is 3.64. The molecule has 1 heterocycles. The highest BCUT2D eigenvalue weighted by molar-refractivity contribution is 5.63. The molecule has 0 amide bonds. The van der Waals surface area contributed by atoms with Crippen molar-refractivity contribution in [2.45, 2.75) is 37.6 Å².